The van der Waals surface area contributed by atoms with Crippen LogP contribution in [0.1, 0.15) is 16.1 Å². The first-order valence-electron chi connectivity index (χ1n) is 8.22. The molecule has 1 aliphatic heterocycles. The van der Waals surface area contributed by atoms with Gasteiger partial charge in [-0.25, -0.2) is 4.98 Å². The molecule has 1 amide bonds. The maximum Gasteiger partial charge on any atom is 0.259 e. The summed E-state index contributed by atoms with van der Waals surface area (Å²) in [6.45, 7) is 2.66. The van der Waals surface area contributed by atoms with Crippen LogP contribution < -0.4 is 10.2 Å². The van der Waals surface area contributed by atoms with Gasteiger partial charge in [0.1, 0.15) is 23.1 Å². The first kappa shape index (κ1) is 16.6. The smallest absolute Gasteiger partial charge is 0.259 e. The number of likely N-dealkylation sites (tertiary alicyclic amines) is 1. The van der Waals surface area contributed by atoms with Crippen molar-refractivity contribution in [1.82, 2.24) is 14.9 Å². The summed E-state index contributed by atoms with van der Waals surface area (Å²) in [5.41, 5.74) is 1.08. The van der Waals surface area contributed by atoms with Crippen LogP contribution in [-0.2, 0) is 0 Å². The van der Waals surface area contributed by atoms with Gasteiger partial charge < -0.3 is 14.6 Å². The normalized spacial score (nSPS) is 14.3. The van der Waals surface area contributed by atoms with E-state index in [9.17, 15) is 9.59 Å². The standard InChI is InChI=1S/C19H16ClN3O3/c1-11-6-7-13-17(24)14(8-21-18(13)22-11)19(25)23-9-12(10-23)26-16-5-3-2-4-15(16)20/h2-8,12H,9-10H2,1H3,(H,21,22,24). The van der Waals surface area contributed by atoms with E-state index >= 15 is 0 Å². The molecule has 3 heterocycles. The largest absolute Gasteiger partial charge is 0.485 e. The number of nitrogens with one attached hydrogen (secondary N) is 1. The molecule has 0 atom stereocenters. The third-order valence-corrected chi connectivity index (χ3v) is 4.69. The average Bonchev–Trinajstić information content (AvgIpc) is 2.59. The van der Waals surface area contributed by atoms with Crippen molar-refractivity contribution in [2.45, 2.75) is 13.0 Å². The monoisotopic (exact) mass is 369 g/mol. The molecule has 1 saturated heterocycles. The fourth-order valence-corrected chi connectivity index (χ4v) is 3.11. The predicted molar refractivity (Wildman–Crippen MR) is 98.9 cm³/mol. The summed E-state index contributed by atoms with van der Waals surface area (Å²) in [5.74, 6) is 0.281. The van der Waals surface area contributed by atoms with Gasteiger partial charge in [0.25, 0.3) is 5.91 Å². The number of carbonyl (C=O) groups excluding carboxylic acids is 1. The van der Waals surface area contributed by atoms with Crippen molar-refractivity contribution < 1.29 is 9.53 Å². The second kappa shape index (κ2) is 6.46. The maximum absolute atomic E-state index is 12.6. The lowest BCUT2D eigenvalue weighted by atomic mass is 10.1. The van der Waals surface area contributed by atoms with Gasteiger partial charge in [0.2, 0.25) is 5.43 Å². The lowest BCUT2D eigenvalue weighted by Gasteiger charge is -2.39. The quantitative estimate of drug-likeness (QED) is 0.770. The number of amides is 1. The molecule has 26 heavy (non-hydrogen) atoms. The summed E-state index contributed by atoms with van der Waals surface area (Å²) in [7, 11) is 0. The minimum atomic E-state index is -0.313. The molecule has 4 rings (SSSR count). The van der Waals surface area contributed by atoms with E-state index in [1.54, 1.807) is 29.2 Å². The summed E-state index contributed by atoms with van der Waals surface area (Å²) < 4.78 is 5.79. The molecule has 2 aromatic heterocycles. The number of para-hydroxylation sites is 1. The Hall–Kier alpha value is -2.86. The number of carbonyl (C=O) groups is 1. The molecule has 3 aromatic rings. The Bertz CT molecular complexity index is 1060. The first-order chi connectivity index (χ1) is 12.5. The summed E-state index contributed by atoms with van der Waals surface area (Å²) in [6, 6.07) is 10.6. The van der Waals surface area contributed by atoms with Crippen LogP contribution in [0.5, 0.6) is 5.75 Å². The number of aromatic amines is 1. The Morgan fingerprint density at radius 1 is 1.27 bits per heavy atom. The highest BCUT2D eigenvalue weighted by Gasteiger charge is 2.34. The molecular formula is C19H16ClN3O3. The lowest BCUT2D eigenvalue weighted by Crippen LogP contribution is -2.56. The summed E-state index contributed by atoms with van der Waals surface area (Å²) in [5, 5.41) is 0.942. The van der Waals surface area contributed by atoms with Gasteiger partial charge in [0.05, 0.1) is 23.5 Å². The fourth-order valence-electron chi connectivity index (χ4n) is 2.93. The second-order valence-corrected chi connectivity index (χ2v) is 6.67. The number of nitrogens with zero attached hydrogens (tertiary/aromatic N) is 2. The van der Waals surface area contributed by atoms with E-state index in [-0.39, 0.29) is 23.0 Å². The summed E-state index contributed by atoms with van der Waals surface area (Å²) in [6.07, 6.45) is 1.30. The average molecular weight is 370 g/mol. The highest BCUT2D eigenvalue weighted by atomic mass is 35.5. The maximum atomic E-state index is 12.6. The van der Waals surface area contributed by atoms with Gasteiger partial charge in [-0.1, -0.05) is 23.7 Å². The molecule has 0 aliphatic carbocycles. The third-order valence-electron chi connectivity index (χ3n) is 4.37. The van der Waals surface area contributed by atoms with Crippen LogP contribution in [0.25, 0.3) is 11.0 Å². The second-order valence-electron chi connectivity index (χ2n) is 6.26. The topological polar surface area (TPSA) is 75.3 Å². The van der Waals surface area contributed by atoms with Gasteiger partial charge in [-0.05, 0) is 31.2 Å². The number of ether oxygens (including phenoxy) is 1. The number of halogens is 1. The van der Waals surface area contributed by atoms with Crippen LogP contribution in [0.3, 0.4) is 0 Å². The molecule has 0 spiro atoms. The van der Waals surface area contributed by atoms with Crippen molar-refractivity contribution in [1.29, 1.82) is 0 Å². The van der Waals surface area contributed by atoms with E-state index in [1.807, 2.05) is 19.1 Å². The van der Waals surface area contributed by atoms with Crippen molar-refractivity contribution in [3.8, 4) is 5.75 Å². The number of hydrogen-bond donors (Lipinski definition) is 1. The van der Waals surface area contributed by atoms with E-state index in [4.69, 9.17) is 16.3 Å². The van der Waals surface area contributed by atoms with E-state index in [1.165, 1.54) is 6.20 Å². The number of hydrogen-bond acceptors (Lipinski definition) is 4. The van der Waals surface area contributed by atoms with Crippen molar-refractivity contribution in [2.24, 2.45) is 0 Å². The van der Waals surface area contributed by atoms with Crippen LogP contribution in [0.4, 0.5) is 0 Å². The van der Waals surface area contributed by atoms with Gasteiger partial charge in [0.15, 0.2) is 0 Å². The molecule has 1 aromatic carbocycles. The van der Waals surface area contributed by atoms with Crippen molar-refractivity contribution in [2.75, 3.05) is 13.1 Å². The number of H-pyrrole nitrogens is 1. The van der Waals surface area contributed by atoms with Crippen molar-refractivity contribution >= 4 is 28.5 Å². The van der Waals surface area contributed by atoms with Gasteiger partial charge in [-0.15, -0.1) is 0 Å². The Balaban J connectivity index is 1.49. The molecule has 7 heteroatoms. The third kappa shape index (κ3) is 2.93. The number of aromatic nitrogens is 2. The van der Waals surface area contributed by atoms with Crippen LogP contribution in [-0.4, -0.2) is 40.0 Å². The molecule has 1 aliphatic rings. The van der Waals surface area contributed by atoms with Gasteiger partial charge in [0, 0.05) is 11.9 Å². The highest BCUT2D eigenvalue weighted by molar-refractivity contribution is 6.32. The van der Waals surface area contributed by atoms with E-state index in [0.717, 1.165) is 5.69 Å². The van der Waals surface area contributed by atoms with Gasteiger partial charge in [-0.3, -0.25) is 9.59 Å². The van der Waals surface area contributed by atoms with E-state index in [2.05, 4.69) is 9.97 Å². The lowest BCUT2D eigenvalue weighted by molar-refractivity contribution is 0.0177. The molecule has 0 unspecified atom stereocenters. The van der Waals surface area contributed by atoms with Crippen molar-refractivity contribution in [3.63, 3.8) is 0 Å². The van der Waals surface area contributed by atoms with Crippen LogP contribution in [0.2, 0.25) is 5.02 Å². The number of benzene rings is 1. The molecule has 0 radical (unpaired) electrons. The number of rotatable bonds is 3. The first-order valence-corrected chi connectivity index (χ1v) is 8.60. The molecule has 1 N–H and O–H groups in total. The van der Waals surface area contributed by atoms with Crippen LogP contribution >= 0.6 is 11.6 Å². The minimum Gasteiger partial charge on any atom is -0.485 e. The molecular weight excluding hydrogens is 354 g/mol. The summed E-state index contributed by atoms with van der Waals surface area (Å²) in [4.78, 5) is 34.0. The predicted octanol–water partition coefficient (Wildman–Crippen LogP) is 2.79. The van der Waals surface area contributed by atoms with Gasteiger partial charge >= 0.3 is 0 Å². The Morgan fingerprint density at radius 3 is 2.81 bits per heavy atom. The Labute approximate surface area is 154 Å². The molecule has 132 valence electrons. The molecule has 0 bridgehead atoms. The number of pyridine rings is 2. The SMILES string of the molecule is Cc1ccc2c(=O)c(C(=O)N3CC(Oc4ccccc4Cl)C3)c[nH]c2n1. The zero-order chi connectivity index (χ0) is 18.3. The zero-order valence-electron chi connectivity index (χ0n) is 14.0. The van der Waals surface area contributed by atoms with E-state index in [0.29, 0.717) is 34.9 Å². The fraction of sp³-hybridized carbons (Fsp3) is 0.211. The molecule has 0 saturated carbocycles. The van der Waals surface area contributed by atoms with Crippen LogP contribution in [0, 0.1) is 6.92 Å². The Morgan fingerprint density at radius 2 is 2.04 bits per heavy atom. The molecule has 1 fully saturated rings. The number of fused-ring (bicyclic) bond motifs is 1. The van der Waals surface area contributed by atoms with Crippen molar-refractivity contribution in [3.05, 3.63) is 69.1 Å². The van der Waals surface area contributed by atoms with Crippen LogP contribution in [0.15, 0.2) is 47.4 Å². The Kier molecular flexibility index (Phi) is 4.12. The van der Waals surface area contributed by atoms with Gasteiger partial charge in [-0.2, -0.15) is 0 Å². The molecule has 6 nitrogen and oxygen atoms in total. The zero-order valence-corrected chi connectivity index (χ0v) is 14.8. The van der Waals surface area contributed by atoms with E-state index < -0.39 is 0 Å². The number of aryl methyl sites for hydroxylation is 1. The minimum absolute atomic E-state index is 0.111. The highest BCUT2D eigenvalue weighted by Crippen LogP contribution is 2.26. The summed E-state index contributed by atoms with van der Waals surface area (Å²) >= 11 is 6.07.